The van der Waals surface area contributed by atoms with Gasteiger partial charge in [-0.3, -0.25) is 14.2 Å². The molecule has 0 amide bonds. The Balaban J connectivity index is 1.77. The molecule has 0 N–H and O–H groups in total. The van der Waals surface area contributed by atoms with Crippen LogP contribution in [0.2, 0.25) is 0 Å². The van der Waals surface area contributed by atoms with Crippen LogP contribution >= 0.6 is 33.9 Å². The molecule has 0 unspecified atom stereocenters. The number of ether oxygens (including phenoxy) is 3. The zero-order valence-corrected chi connectivity index (χ0v) is 28.6. The van der Waals surface area contributed by atoms with Gasteiger partial charge in [0.05, 0.1) is 38.6 Å². The highest BCUT2D eigenvalue weighted by molar-refractivity contribution is 14.1. The summed E-state index contributed by atoms with van der Waals surface area (Å²) in [5.41, 5.74) is 3.85. The van der Waals surface area contributed by atoms with Gasteiger partial charge in [0.1, 0.15) is 0 Å². The lowest BCUT2D eigenvalue weighted by atomic mass is 9.91. The number of fused-ring (bicyclic) bond motifs is 1. The van der Waals surface area contributed by atoms with Crippen molar-refractivity contribution in [1.82, 2.24) is 4.57 Å². The molecule has 0 fully saturated rings. The van der Waals surface area contributed by atoms with Gasteiger partial charge < -0.3 is 14.2 Å². The van der Waals surface area contributed by atoms with Crippen molar-refractivity contribution in [2.45, 2.75) is 46.6 Å². The summed E-state index contributed by atoms with van der Waals surface area (Å²) in [6, 6.07) is 20.3. The van der Waals surface area contributed by atoms with Crippen LogP contribution in [0, 0.1) is 3.57 Å². The number of carbonyl (C=O) groups excluding carboxylic acids is 2. The molecule has 0 bridgehead atoms. The first-order chi connectivity index (χ1) is 21.6. The molecular weight excluding hydrogens is 703 g/mol. The number of nitrogens with zero attached hydrogens (tertiary/aromatic N) is 2. The van der Waals surface area contributed by atoms with Gasteiger partial charge in [0.15, 0.2) is 16.3 Å². The molecule has 1 atom stereocenters. The first-order valence-corrected chi connectivity index (χ1v) is 16.6. The number of hydrogen-bond donors (Lipinski definition) is 0. The molecule has 1 aliphatic heterocycles. The maximum Gasteiger partial charge on any atom is 0.338 e. The van der Waals surface area contributed by atoms with Crippen molar-refractivity contribution < 1.29 is 23.8 Å². The zero-order chi connectivity index (χ0) is 32.2. The highest BCUT2D eigenvalue weighted by atomic mass is 127. The zero-order valence-electron chi connectivity index (χ0n) is 25.6. The van der Waals surface area contributed by atoms with E-state index in [2.05, 4.69) is 36.4 Å². The van der Waals surface area contributed by atoms with E-state index in [1.165, 1.54) is 18.3 Å². The number of hydrogen-bond acceptors (Lipinski definition) is 8. The van der Waals surface area contributed by atoms with E-state index in [1.54, 1.807) is 23.6 Å². The molecule has 8 nitrogen and oxygen atoms in total. The van der Waals surface area contributed by atoms with Crippen molar-refractivity contribution in [1.29, 1.82) is 0 Å². The van der Waals surface area contributed by atoms with Crippen LogP contribution in [-0.4, -0.2) is 29.7 Å². The third kappa shape index (κ3) is 6.81. The van der Waals surface area contributed by atoms with Crippen molar-refractivity contribution in [3.8, 4) is 11.5 Å². The van der Waals surface area contributed by atoms with E-state index in [0.717, 1.165) is 16.7 Å². The molecule has 4 aromatic rings. The number of benzene rings is 3. The van der Waals surface area contributed by atoms with Gasteiger partial charge in [0.25, 0.3) is 5.56 Å². The van der Waals surface area contributed by atoms with Crippen LogP contribution in [0.3, 0.4) is 0 Å². The number of carbonyl (C=O) groups is 2. The van der Waals surface area contributed by atoms with Gasteiger partial charge in [0.2, 0.25) is 0 Å². The fourth-order valence-electron chi connectivity index (χ4n) is 5.15. The fourth-order valence-corrected chi connectivity index (χ4v) is 6.88. The number of aromatic nitrogens is 1. The van der Waals surface area contributed by atoms with E-state index in [1.807, 2.05) is 67.6 Å². The SMILES string of the molecule is CCOC(=O)C1=C(c2ccccc2)N=c2s/c(=C\c3cc(I)c(OC(C)=O)c(OCC)c3)c(=O)n2[C@@H]1c1ccc(C(C)C)cc1. The minimum Gasteiger partial charge on any atom is -0.490 e. The quantitative estimate of drug-likeness (QED) is 0.119. The van der Waals surface area contributed by atoms with Crippen LogP contribution in [0.25, 0.3) is 11.8 Å². The minimum absolute atomic E-state index is 0.179. The smallest absolute Gasteiger partial charge is 0.338 e. The average molecular weight is 737 g/mol. The molecule has 0 saturated heterocycles. The molecule has 0 radical (unpaired) electrons. The van der Waals surface area contributed by atoms with E-state index in [9.17, 15) is 14.4 Å². The van der Waals surface area contributed by atoms with Gasteiger partial charge in [-0.05, 0) is 77.3 Å². The second kappa shape index (κ2) is 13.9. The molecule has 0 saturated carbocycles. The number of esters is 2. The summed E-state index contributed by atoms with van der Waals surface area (Å²) in [4.78, 5) is 45.1. The summed E-state index contributed by atoms with van der Waals surface area (Å²) >= 11 is 3.33. The van der Waals surface area contributed by atoms with Crippen LogP contribution in [-0.2, 0) is 14.3 Å². The Bertz CT molecular complexity index is 1960. The van der Waals surface area contributed by atoms with Crippen LogP contribution in [0.15, 0.2) is 82.1 Å². The predicted octanol–water partition coefficient (Wildman–Crippen LogP) is 5.99. The number of rotatable bonds is 9. The number of halogens is 1. The van der Waals surface area contributed by atoms with Gasteiger partial charge in [-0.15, -0.1) is 0 Å². The molecular formula is C35H33IN2O6S. The Hall–Kier alpha value is -4.03. The molecule has 232 valence electrons. The lowest BCUT2D eigenvalue weighted by molar-refractivity contribution is -0.139. The van der Waals surface area contributed by atoms with Gasteiger partial charge in [-0.2, -0.15) is 0 Å². The topological polar surface area (TPSA) is 96.2 Å². The summed E-state index contributed by atoms with van der Waals surface area (Å²) < 4.78 is 19.4. The Morgan fingerprint density at radius 3 is 2.38 bits per heavy atom. The van der Waals surface area contributed by atoms with Crippen molar-refractivity contribution in [3.05, 3.63) is 118 Å². The normalized spacial score (nSPS) is 14.6. The van der Waals surface area contributed by atoms with Crippen molar-refractivity contribution in [2.75, 3.05) is 13.2 Å². The summed E-state index contributed by atoms with van der Waals surface area (Å²) in [6.07, 6.45) is 1.77. The molecule has 45 heavy (non-hydrogen) atoms. The van der Waals surface area contributed by atoms with Crippen molar-refractivity contribution in [2.24, 2.45) is 4.99 Å². The Morgan fingerprint density at radius 2 is 1.76 bits per heavy atom. The first kappa shape index (κ1) is 32.4. The van der Waals surface area contributed by atoms with E-state index in [-0.39, 0.29) is 12.2 Å². The summed E-state index contributed by atoms with van der Waals surface area (Å²) in [5, 5.41) is 0. The van der Waals surface area contributed by atoms with E-state index in [0.29, 0.717) is 53.8 Å². The van der Waals surface area contributed by atoms with Gasteiger partial charge in [-0.25, -0.2) is 9.79 Å². The lowest BCUT2D eigenvalue weighted by Gasteiger charge is -2.26. The van der Waals surface area contributed by atoms with Crippen molar-refractivity contribution >= 4 is 57.6 Å². The van der Waals surface area contributed by atoms with Gasteiger partial charge >= 0.3 is 11.9 Å². The van der Waals surface area contributed by atoms with Crippen molar-refractivity contribution in [3.63, 3.8) is 0 Å². The standard InChI is InChI=1S/C35H33IN2O6S/c1-6-42-27-18-22(17-26(36)32(27)44-21(5)39)19-28-33(40)38-31(25-15-13-23(14-16-25)20(3)4)29(34(41)43-7-2)30(37-35(38)45-28)24-11-9-8-10-12-24/h8-20,31H,6-7H2,1-5H3/b28-19-/t31-/m1/s1. The van der Waals surface area contributed by atoms with Crippen LogP contribution in [0.4, 0.5) is 0 Å². The number of thiazole rings is 1. The molecule has 2 heterocycles. The molecule has 0 spiro atoms. The largest absolute Gasteiger partial charge is 0.490 e. The molecule has 0 aliphatic carbocycles. The second-order valence-electron chi connectivity index (χ2n) is 10.6. The third-order valence-corrected chi connectivity index (χ3v) is 8.95. The van der Waals surface area contributed by atoms with Crippen LogP contribution < -0.4 is 24.4 Å². The van der Waals surface area contributed by atoms with E-state index < -0.39 is 18.0 Å². The van der Waals surface area contributed by atoms with Crippen LogP contribution in [0.5, 0.6) is 11.5 Å². The van der Waals surface area contributed by atoms with E-state index in [4.69, 9.17) is 19.2 Å². The highest BCUT2D eigenvalue weighted by Gasteiger charge is 2.35. The lowest BCUT2D eigenvalue weighted by Crippen LogP contribution is -2.40. The summed E-state index contributed by atoms with van der Waals surface area (Å²) in [6.45, 7) is 9.71. The molecule has 1 aromatic heterocycles. The first-order valence-electron chi connectivity index (χ1n) is 14.7. The fraction of sp³-hybridized carbons (Fsp3) is 0.257. The molecule has 1 aliphatic rings. The molecule has 10 heteroatoms. The van der Waals surface area contributed by atoms with Crippen LogP contribution in [0.1, 0.15) is 68.8 Å². The maximum atomic E-state index is 14.3. The third-order valence-electron chi connectivity index (χ3n) is 7.17. The van der Waals surface area contributed by atoms with Gasteiger partial charge in [0, 0.05) is 12.5 Å². The Labute approximate surface area is 278 Å². The Morgan fingerprint density at radius 1 is 1.04 bits per heavy atom. The summed E-state index contributed by atoms with van der Waals surface area (Å²) in [7, 11) is 0. The van der Waals surface area contributed by atoms with Gasteiger partial charge in [-0.1, -0.05) is 79.8 Å². The maximum absolute atomic E-state index is 14.3. The average Bonchev–Trinajstić information content (AvgIpc) is 3.32. The summed E-state index contributed by atoms with van der Waals surface area (Å²) in [5.74, 6) is 0.0718. The monoisotopic (exact) mass is 736 g/mol. The minimum atomic E-state index is -0.760. The Kier molecular flexibility index (Phi) is 10.0. The predicted molar refractivity (Wildman–Crippen MR) is 183 cm³/mol. The second-order valence-corrected chi connectivity index (χ2v) is 12.8. The molecule has 5 rings (SSSR count). The molecule has 3 aromatic carbocycles. The highest BCUT2D eigenvalue weighted by Crippen LogP contribution is 2.36. The van der Waals surface area contributed by atoms with E-state index >= 15 is 0 Å².